The Morgan fingerprint density at radius 1 is 1.04 bits per heavy atom. The summed E-state index contributed by atoms with van der Waals surface area (Å²) in [6.45, 7) is 2.51. The topological polar surface area (TPSA) is 70.9 Å². The van der Waals surface area contributed by atoms with Crippen LogP contribution in [0.15, 0.2) is 77.9 Å². The van der Waals surface area contributed by atoms with Crippen LogP contribution in [0.4, 0.5) is 0 Å². The van der Waals surface area contributed by atoms with Crippen molar-refractivity contribution >= 4 is 12.1 Å². The average molecular weight is 360 g/mol. The van der Waals surface area contributed by atoms with Crippen LogP contribution < -0.4 is 10.2 Å². The second-order valence-electron chi connectivity index (χ2n) is 6.06. The fourth-order valence-electron chi connectivity index (χ4n) is 2.38. The van der Waals surface area contributed by atoms with Crippen molar-refractivity contribution in [2.24, 2.45) is 5.10 Å². The Labute approximate surface area is 157 Å². The van der Waals surface area contributed by atoms with Crippen LogP contribution in [0, 0.1) is 6.92 Å². The molecule has 0 heterocycles. The lowest BCUT2D eigenvalue weighted by molar-refractivity contribution is 0.0955. The molecule has 0 radical (unpaired) electrons. The second kappa shape index (κ2) is 8.67. The molecule has 136 valence electrons. The van der Waals surface area contributed by atoms with Crippen LogP contribution in [-0.4, -0.2) is 17.2 Å². The molecular weight excluding hydrogens is 340 g/mol. The summed E-state index contributed by atoms with van der Waals surface area (Å²) < 4.78 is 5.73. The molecule has 0 saturated heterocycles. The first kappa shape index (κ1) is 18.2. The molecule has 3 aromatic carbocycles. The van der Waals surface area contributed by atoms with E-state index in [9.17, 15) is 9.90 Å². The van der Waals surface area contributed by atoms with Gasteiger partial charge in [-0.25, -0.2) is 5.43 Å². The zero-order valence-electron chi connectivity index (χ0n) is 14.9. The lowest BCUT2D eigenvalue weighted by atomic mass is 10.2. The Morgan fingerprint density at radius 3 is 2.44 bits per heavy atom. The Morgan fingerprint density at radius 2 is 1.74 bits per heavy atom. The SMILES string of the molecule is Cc1ccc(COc2ccc(C(=O)N/N=C/c3ccccc3O)cc2)cc1. The number of para-hydroxylation sites is 1. The fourth-order valence-corrected chi connectivity index (χ4v) is 2.38. The standard InChI is InChI=1S/C22H20N2O3/c1-16-6-8-17(9-7-16)15-27-20-12-10-18(11-13-20)22(26)24-23-14-19-4-2-3-5-21(19)25/h2-14,25H,15H2,1H3,(H,24,26)/b23-14+. The van der Waals surface area contributed by atoms with Gasteiger partial charge in [0.25, 0.3) is 5.91 Å². The number of carbonyl (C=O) groups is 1. The highest BCUT2D eigenvalue weighted by molar-refractivity contribution is 5.95. The summed E-state index contributed by atoms with van der Waals surface area (Å²) in [5.41, 5.74) is 5.72. The Bertz CT molecular complexity index is 933. The number of phenols is 1. The predicted octanol–water partition coefficient (Wildman–Crippen LogP) is 4.04. The Kier molecular flexibility index (Phi) is 5.84. The molecule has 0 saturated carbocycles. The van der Waals surface area contributed by atoms with E-state index in [4.69, 9.17) is 4.74 Å². The minimum Gasteiger partial charge on any atom is -0.507 e. The molecule has 2 N–H and O–H groups in total. The zero-order valence-corrected chi connectivity index (χ0v) is 14.9. The maximum Gasteiger partial charge on any atom is 0.271 e. The second-order valence-corrected chi connectivity index (χ2v) is 6.06. The molecule has 0 unspecified atom stereocenters. The highest BCUT2D eigenvalue weighted by Gasteiger charge is 2.05. The van der Waals surface area contributed by atoms with Crippen molar-refractivity contribution in [3.63, 3.8) is 0 Å². The summed E-state index contributed by atoms with van der Waals surface area (Å²) in [4.78, 5) is 12.1. The van der Waals surface area contributed by atoms with Gasteiger partial charge in [-0.2, -0.15) is 5.10 Å². The van der Waals surface area contributed by atoms with E-state index in [1.807, 2.05) is 31.2 Å². The van der Waals surface area contributed by atoms with Gasteiger partial charge < -0.3 is 9.84 Å². The molecular formula is C22H20N2O3. The van der Waals surface area contributed by atoms with E-state index < -0.39 is 0 Å². The minimum atomic E-state index is -0.341. The molecule has 0 fully saturated rings. The number of aromatic hydroxyl groups is 1. The maximum atomic E-state index is 12.1. The van der Waals surface area contributed by atoms with Crippen molar-refractivity contribution in [2.75, 3.05) is 0 Å². The van der Waals surface area contributed by atoms with Gasteiger partial charge in [-0.05, 0) is 48.9 Å². The molecule has 0 aromatic heterocycles. The smallest absolute Gasteiger partial charge is 0.271 e. The van der Waals surface area contributed by atoms with Crippen LogP contribution in [0.5, 0.6) is 11.5 Å². The van der Waals surface area contributed by atoms with Crippen LogP contribution in [-0.2, 0) is 6.61 Å². The number of aryl methyl sites for hydroxylation is 1. The zero-order chi connectivity index (χ0) is 19.1. The van der Waals surface area contributed by atoms with Gasteiger partial charge in [0, 0.05) is 11.1 Å². The van der Waals surface area contributed by atoms with Gasteiger partial charge in [-0.1, -0.05) is 42.0 Å². The number of nitrogens with zero attached hydrogens (tertiary/aromatic N) is 1. The van der Waals surface area contributed by atoms with Gasteiger partial charge in [0.05, 0.1) is 6.21 Å². The van der Waals surface area contributed by atoms with E-state index in [2.05, 4.69) is 10.5 Å². The third-order valence-corrected chi connectivity index (χ3v) is 3.95. The molecule has 5 heteroatoms. The van der Waals surface area contributed by atoms with E-state index in [0.717, 1.165) is 5.56 Å². The summed E-state index contributed by atoms with van der Waals surface area (Å²) in [5, 5.41) is 13.5. The normalized spacial score (nSPS) is 10.7. The number of hydrazone groups is 1. The van der Waals surface area contributed by atoms with Crippen LogP contribution >= 0.6 is 0 Å². The highest BCUT2D eigenvalue weighted by Crippen LogP contribution is 2.15. The summed E-state index contributed by atoms with van der Waals surface area (Å²) >= 11 is 0. The number of hydrogen-bond acceptors (Lipinski definition) is 4. The monoisotopic (exact) mass is 360 g/mol. The molecule has 0 aliphatic heterocycles. The first-order valence-electron chi connectivity index (χ1n) is 8.51. The third-order valence-electron chi connectivity index (χ3n) is 3.95. The van der Waals surface area contributed by atoms with Crippen LogP contribution in [0.3, 0.4) is 0 Å². The van der Waals surface area contributed by atoms with Gasteiger partial charge >= 0.3 is 0 Å². The van der Waals surface area contributed by atoms with Crippen molar-refractivity contribution in [1.82, 2.24) is 5.43 Å². The number of hydrogen-bond donors (Lipinski definition) is 2. The highest BCUT2D eigenvalue weighted by atomic mass is 16.5. The van der Waals surface area contributed by atoms with Crippen LogP contribution in [0.1, 0.15) is 27.0 Å². The molecule has 0 atom stereocenters. The van der Waals surface area contributed by atoms with E-state index >= 15 is 0 Å². The van der Waals surface area contributed by atoms with E-state index in [1.54, 1.807) is 48.5 Å². The van der Waals surface area contributed by atoms with Gasteiger partial charge in [-0.3, -0.25) is 4.79 Å². The summed E-state index contributed by atoms with van der Waals surface area (Å²) in [6.07, 6.45) is 1.40. The predicted molar refractivity (Wildman–Crippen MR) is 105 cm³/mol. The number of ether oxygens (including phenoxy) is 1. The van der Waals surface area contributed by atoms with Crippen molar-refractivity contribution in [2.45, 2.75) is 13.5 Å². The molecule has 0 bridgehead atoms. The van der Waals surface area contributed by atoms with Crippen molar-refractivity contribution in [3.05, 3.63) is 95.1 Å². The van der Waals surface area contributed by atoms with E-state index in [1.165, 1.54) is 11.8 Å². The number of amides is 1. The number of rotatable bonds is 6. The number of nitrogens with one attached hydrogen (secondary N) is 1. The molecule has 5 nitrogen and oxygen atoms in total. The lowest BCUT2D eigenvalue weighted by Gasteiger charge is -2.07. The molecule has 0 aliphatic carbocycles. The first-order valence-corrected chi connectivity index (χ1v) is 8.51. The molecule has 3 aromatic rings. The van der Waals surface area contributed by atoms with Crippen LogP contribution in [0.2, 0.25) is 0 Å². The number of benzene rings is 3. The fraction of sp³-hybridized carbons (Fsp3) is 0.0909. The quantitative estimate of drug-likeness (QED) is 0.515. The molecule has 3 rings (SSSR count). The number of carbonyl (C=O) groups excluding carboxylic acids is 1. The van der Waals surface area contributed by atoms with Gasteiger partial charge in [0.2, 0.25) is 0 Å². The van der Waals surface area contributed by atoms with E-state index in [-0.39, 0.29) is 11.7 Å². The van der Waals surface area contributed by atoms with Crippen molar-refractivity contribution in [3.8, 4) is 11.5 Å². The Hall–Kier alpha value is -3.60. The van der Waals surface area contributed by atoms with Gasteiger partial charge in [0.15, 0.2) is 0 Å². The first-order chi connectivity index (χ1) is 13.1. The molecule has 0 aliphatic rings. The number of phenolic OH excluding ortho intramolecular Hbond substituents is 1. The van der Waals surface area contributed by atoms with Gasteiger partial charge in [-0.15, -0.1) is 0 Å². The summed E-state index contributed by atoms with van der Waals surface area (Å²) in [5.74, 6) is 0.446. The Balaban J connectivity index is 1.54. The van der Waals surface area contributed by atoms with E-state index in [0.29, 0.717) is 23.5 Å². The van der Waals surface area contributed by atoms with Crippen molar-refractivity contribution < 1.29 is 14.6 Å². The molecule has 1 amide bonds. The summed E-state index contributed by atoms with van der Waals surface area (Å²) in [6, 6.07) is 21.7. The molecule has 27 heavy (non-hydrogen) atoms. The largest absolute Gasteiger partial charge is 0.507 e. The van der Waals surface area contributed by atoms with Crippen LogP contribution in [0.25, 0.3) is 0 Å². The third kappa shape index (κ3) is 5.19. The van der Waals surface area contributed by atoms with Gasteiger partial charge in [0.1, 0.15) is 18.1 Å². The molecule has 0 spiro atoms. The maximum absolute atomic E-state index is 12.1. The average Bonchev–Trinajstić information content (AvgIpc) is 2.69. The van der Waals surface area contributed by atoms with Crippen molar-refractivity contribution in [1.29, 1.82) is 0 Å². The minimum absolute atomic E-state index is 0.102. The lowest BCUT2D eigenvalue weighted by Crippen LogP contribution is -2.17. The summed E-state index contributed by atoms with van der Waals surface area (Å²) in [7, 11) is 0.